The SMILES string of the molecule is COC(=O)[C@H](Cc1ccccc1)NC(=O)[C@]1(NC(=O)C(F)(F)F)C[C@H]1CO. The first-order chi connectivity index (χ1) is 12.6. The Morgan fingerprint density at radius 2 is 1.93 bits per heavy atom. The maximum atomic E-state index is 12.6. The van der Waals surface area contributed by atoms with Gasteiger partial charge in [0.15, 0.2) is 0 Å². The van der Waals surface area contributed by atoms with Gasteiger partial charge in [0.2, 0.25) is 5.91 Å². The number of aliphatic hydroxyl groups is 1. The molecule has 3 atom stereocenters. The Balaban J connectivity index is 2.16. The summed E-state index contributed by atoms with van der Waals surface area (Å²) in [4.78, 5) is 35.8. The van der Waals surface area contributed by atoms with Crippen molar-refractivity contribution in [2.24, 2.45) is 5.92 Å². The Hall–Kier alpha value is -2.62. The standard InChI is InChI=1S/C17H19F3N2O5/c1-27-13(24)12(7-10-5-3-2-4-6-10)21-14(25)16(8-11(16)9-23)22-15(26)17(18,19)20/h2-6,11-12,23H,7-9H2,1H3,(H,21,25)(H,22,26)/t11-,12-,16-/m0/s1. The Morgan fingerprint density at radius 3 is 2.41 bits per heavy atom. The molecular formula is C17H19F3N2O5. The maximum Gasteiger partial charge on any atom is 0.471 e. The monoisotopic (exact) mass is 388 g/mol. The molecule has 148 valence electrons. The first-order valence-electron chi connectivity index (χ1n) is 8.07. The highest BCUT2D eigenvalue weighted by Gasteiger charge is 2.63. The minimum absolute atomic E-state index is 0.0480. The molecular weight excluding hydrogens is 369 g/mol. The van der Waals surface area contributed by atoms with Crippen molar-refractivity contribution in [3.8, 4) is 0 Å². The van der Waals surface area contributed by atoms with E-state index in [9.17, 15) is 32.7 Å². The van der Waals surface area contributed by atoms with Gasteiger partial charge >= 0.3 is 18.1 Å². The second kappa shape index (κ2) is 7.95. The fourth-order valence-corrected chi connectivity index (χ4v) is 2.78. The van der Waals surface area contributed by atoms with Crippen LogP contribution in [0.1, 0.15) is 12.0 Å². The van der Waals surface area contributed by atoms with Crippen LogP contribution in [0.15, 0.2) is 30.3 Å². The molecule has 0 spiro atoms. The van der Waals surface area contributed by atoms with Crippen molar-refractivity contribution in [1.82, 2.24) is 10.6 Å². The van der Waals surface area contributed by atoms with Gasteiger partial charge in [-0.05, 0) is 12.0 Å². The summed E-state index contributed by atoms with van der Waals surface area (Å²) >= 11 is 0. The van der Waals surface area contributed by atoms with E-state index in [1.807, 2.05) is 0 Å². The zero-order valence-corrected chi connectivity index (χ0v) is 14.4. The number of alkyl halides is 3. The van der Waals surface area contributed by atoms with Crippen LogP contribution in [0.5, 0.6) is 0 Å². The number of nitrogens with one attached hydrogen (secondary N) is 2. The van der Waals surface area contributed by atoms with Crippen molar-refractivity contribution in [3.63, 3.8) is 0 Å². The summed E-state index contributed by atoms with van der Waals surface area (Å²) in [6.07, 6.45) is -5.30. The predicted octanol–water partition coefficient (Wildman–Crippen LogP) is 0.316. The van der Waals surface area contributed by atoms with E-state index < -0.39 is 48.1 Å². The molecule has 1 aliphatic carbocycles. The first kappa shape index (κ1) is 20.7. The van der Waals surface area contributed by atoms with Gasteiger partial charge in [-0.15, -0.1) is 0 Å². The van der Waals surface area contributed by atoms with Crippen LogP contribution in [0.25, 0.3) is 0 Å². The van der Waals surface area contributed by atoms with Crippen LogP contribution in [0.4, 0.5) is 13.2 Å². The summed E-state index contributed by atoms with van der Waals surface area (Å²) in [5.41, 5.74) is -1.22. The summed E-state index contributed by atoms with van der Waals surface area (Å²) in [7, 11) is 1.11. The van der Waals surface area contributed by atoms with Crippen molar-refractivity contribution in [2.75, 3.05) is 13.7 Å². The van der Waals surface area contributed by atoms with Gasteiger partial charge in [-0.2, -0.15) is 13.2 Å². The minimum Gasteiger partial charge on any atom is -0.467 e. The van der Waals surface area contributed by atoms with Gasteiger partial charge in [-0.1, -0.05) is 30.3 Å². The zero-order valence-electron chi connectivity index (χ0n) is 14.4. The van der Waals surface area contributed by atoms with Crippen molar-refractivity contribution < 1.29 is 37.4 Å². The number of ether oxygens (including phenoxy) is 1. The van der Waals surface area contributed by atoms with E-state index in [-0.39, 0.29) is 12.8 Å². The third-order valence-corrected chi connectivity index (χ3v) is 4.40. The van der Waals surface area contributed by atoms with Crippen LogP contribution in [0.3, 0.4) is 0 Å². The van der Waals surface area contributed by atoms with Crippen molar-refractivity contribution >= 4 is 17.8 Å². The molecule has 0 radical (unpaired) electrons. The van der Waals surface area contributed by atoms with Crippen molar-refractivity contribution in [2.45, 2.75) is 30.6 Å². The third-order valence-electron chi connectivity index (χ3n) is 4.40. The second-order valence-corrected chi connectivity index (χ2v) is 6.25. The third kappa shape index (κ3) is 4.76. The summed E-state index contributed by atoms with van der Waals surface area (Å²) in [5, 5.41) is 13.2. The summed E-state index contributed by atoms with van der Waals surface area (Å²) in [5.74, 6) is -4.93. The number of carbonyl (C=O) groups excluding carboxylic acids is 3. The molecule has 1 fully saturated rings. The number of amides is 2. The Morgan fingerprint density at radius 1 is 1.30 bits per heavy atom. The average Bonchev–Trinajstić information content (AvgIpc) is 3.34. The average molecular weight is 388 g/mol. The van der Waals surface area contributed by atoms with E-state index in [1.165, 1.54) is 0 Å². The molecule has 3 N–H and O–H groups in total. The molecule has 0 aromatic heterocycles. The largest absolute Gasteiger partial charge is 0.471 e. The van der Waals surface area contributed by atoms with Gasteiger partial charge in [-0.25, -0.2) is 4.79 Å². The number of hydrogen-bond donors (Lipinski definition) is 3. The molecule has 0 aliphatic heterocycles. The molecule has 27 heavy (non-hydrogen) atoms. The van der Waals surface area contributed by atoms with Gasteiger partial charge in [0.05, 0.1) is 7.11 Å². The van der Waals surface area contributed by atoms with Gasteiger partial charge < -0.3 is 20.5 Å². The number of methoxy groups -OCH3 is 1. The maximum absolute atomic E-state index is 12.6. The number of benzene rings is 1. The molecule has 0 heterocycles. The van der Waals surface area contributed by atoms with E-state index in [0.717, 1.165) is 7.11 Å². The molecule has 1 aliphatic rings. The van der Waals surface area contributed by atoms with E-state index in [2.05, 4.69) is 10.1 Å². The van der Waals surface area contributed by atoms with Crippen LogP contribution in [0, 0.1) is 5.92 Å². The van der Waals surface area contributed by atoms with Gasteiger partial charge in [0, 0.05) is 18.9 Å². The molecule has 1 aromatic carbocycles. The fraction of sp³-hybridized carbons (Fsp3) is 0.471. The molecule has 1 saturated carbocycles. The molecule has 2 amide bonds. The summed E-state index contributed by atoms with van der Waals surface area (Å²) in [6, 6.07) is 7.45. The second-order valence-electron chi connectivity index (χ2n) is 6.25. The quantitative estimate of drug-likeness (QED) is 0.584. The molecule has 0 unspecified atom stereocenters. The number of halogens is 3. The molecule has 0 bridgehead atoms. The predicted molar refractivity (Wildman–Crippen MR) is 86.2 cm³/mol. The molecule has 2 rings (SSSR count). The highest BCUT2D eigenvalue weighted by atomic mass is 19.4. The lowest BCUT2D eigenvalue weighted by Crippen LogP contribution is -2.57. The summed E-state index contributed by atoms with van der Waals surface area (Å²) < 4.78 is 42.3. The van der Waals surface area contributed by atoms with E-state index in [0.29, 0.717) is 5.56 Å². The number of aliphatic hydroxyl groups excluding tert-OH is 1. The molecule has 0 saturated heterocycles. The van der Waals surface area contributed by atoms with Gasteiger partial charge in [0.25, 0.3) is 0 Å². The molecule has 10 heteroatoms. The fourth-order valence-electron chi connectivity index (χ4n) is 2.78. The number of esters is 1. The lowest BCUT2D eigenvalue weighted by Gasteiger charge is -2.23. The van der Waals surface area contributed by atoms with Crippen molar-refractivity contribution in [3.05, 3.63) is 35.9 Å². The first-order valence-corrected chi connectivity index (χ1v) is 8.07. The normalized spacial score (nSPS) is 22.5. The molecule has 7 nitrogen and oxygen atoms in total. The van der Waals surface area contributed by atoms with Crippen LogP contribution in [0.2, 0.25) is 0 Å². The molecule has 1 aromatic rings. The van der Waals surface area contributed by atoms with Gasteiger partial charge in [-0.3, -0.25) is 9.59 Å². The smallest absolute Gasteiger partial charge is 0.467 e. The Kier molecular flexibility index (Phi) is 6.09. The highest BCUT2D eigenvalue weighted by molar-refractivity contribution is 5.98. The van der Waals surface area contributed by atoms with Gasteiger partial charge in [0.1, 0.15) is 11.6 Å². The van der Waals surface area contributed by atoms with E-state index >= 15 is 0 Å². The van der Waals surface area contributed by atoms with Crippen LogP contribution in [-0.2, 0) is 25.5 Å². The van der Waals surface area contributed by atoms with Crippen LogP contribution < -0.4 is 10.6 Å². The minimum atomic E-state index is -5.18. The Labute approximate surface area is 152 Å². The van der Waals surface area contributed by atoms with E-state index in [1.54, 1.807) is 35.6 Å². The van der Waals surface area contributed by atoms with E-state index in [4.69, 9.17) is 0 Å². The number of hydrogen-bond acceptors (Lipinski definition) is 5. The highest BCUT2D eigenvalue weighted by Crippen LogP contribution is 2.44. The Bertz CT molecular complexity index is 710. The number of carbonyl (C=O) groups is 3. The number of rotatable bonds is 7. The van der Waals surface area contributed by atoms with Crippen molar-refractivity contribution in [1.29, 1.82) is 0 Å². The van der Waals surface area contributed by atoms with Crippen LogP contribution in [-0.4, -0.2) is 54.4 Å². The zero-order chi connectivity index (χ0) is 20.2. The summed E-state index contributed by atoms with van der Waals surface area (Å²) in [6.45, 7) is -0.590. The topological polar surface area (TPSA) is 105 Å². The van der Waals surface area contributed by atoms with Crippen LogP contribution >= 0.6 is 0 Å². The lowest BCUT2D eigenvalue weighted by atomic mass is 10.0. The lowest BCUT2D eigenvalue weighted by molar-refractivity contribution is -0.175.